The van der Waals surface area contributed by atoms with Gasteiger partial charge in [-0.3, -0.25) is 15.2 Å². The molecule has 6 heteroatoms. The smallest absolute Gasteiger partial charge is 0.118 e. The van der Waals surface area contributed by atoms with E-state index in [0.29, 0.717) is 0 Å². The van der Waals surface area contributed by atoms with Crippen LogP contribution in [0.4, 0.5) is 0 Å². The fourth-order valence-corrected chi connectivity index (χ4v) is 3.40. The van der Waals surface area contributed by atoms with Gasteiger partial charge in [0.15, 0.2) is 0 Å². The highest BCUT2D eigenvalue weighted by Crippen LogP contribution is 2.33. The van der Waals surface area contributed by atoms with Gasteiger partial charge in [0.25, 0.3) is 0 Å². The Morgan fingerprint density at radius 2 is 1.68 bits per heavy atom. The van der Waals surface area contributed by atoms with Gasteiger partial charge in [-0.2, -0.15) is 10.2 Å². The highest BCUT2D eigenvalue weighted by Gasteiger charge is 2.20. The largest absolute Gasteiger partial charge is 0.281 e. The summed E-state index contributed by atoms with van der Waals surface area (Å²) in [4.78, 5) is 9.26. The highest BCUT2D eigenvalue weighted by molar-refractivity contribution is 5.99. The summed E-state index contributed by atoms with van der Waals surface area (Å²) in [5, 5.41) is 18.4. The van der Waals surface area contributed by atoms with Crippen LogP contribution >= 0.6 is 0 Å². The van der Waals surface area contributed by atoms with E-state index < -0.39 is 0 Å². The first kappa shape index (κ1) is 16.6. The van der Waals surface area contributed by atoms with E-state index in [9.17, 15) is 0 Å². The average molecular weight is 368 g/mol. The minimum Gasteiger partial charge on any atom is -0.281 e. The van der Waals surface area contributed by atoms with Crippen molar-refractivity contribution in [3.05, 3.63) is 60.6 Å². The summed E-state index contributed by atoms with van der Waals surface area (Å²) < 4.78 is 0. The van der Waals surface area contributed by atoms with Crippen molar-refractivity contribution < 1.29 is 0 Å². The molecule has 5 aromatic rings. The predicted molar refractivity (Wildman–Crippen MR) is 111 cm³/mol. The summed E-state index contributed by atoms with van der Waals surface area (Å²) in [6.45, 7) is 6.48. The van der Waals surface area contributed by atoms with Crippen LogP contribution in [-0.2, 0) is 5.41 Å². The van der Waals surface area contributed by atoms with Gasteiger partial charge >= 0.3 is 0 Å². The Hall–Kier alpha value is -3.54. The molecule has 0 aliphatic rings. The van der Waals surface area contributed by atoms with Crippen molar-refractivity contribution >= 4 is 21.7 Å². The van der Waals surface area contributed by atoms with Crippen molar-refractivity contribution in [1.82, 2.24) is 30.4 Å². The summed E-state index contributed by atoms with van der Waals surface area (Å²) in [5.41, 5.74) is 5.32. The third-order valence-electron chi connectivity index (χ3n) is 4.97. The molecule has 5 rings (SSSR count). The normalized spacial score (nSPS) is 12.1. The molecular formula is C22H20N6. The number of rotatable bonds is 2. The second-order valence-electron chi connectivity index (χ2n) is 7.99. The van der Waals surface area contributed by atoms with Gasteiger partial charge in [-0.1, -0.05) is 39.0 Å². The molecule has 1 aromatic carbocycles. The number of aromatic nitrogens is 6. The van der Waals surface area contributed by atoms with Crippen LogP contribution in [0.25, 0.3) is 44.5 Å². The van der Waals surface area contributed by atoms with Crippen LogP contribution in [0.15, 0.2) is 54.9 Å². The lowest BCUT2D eigenvalue weighted by molar-refractivity contribution is 0.567. The van der Waals surface area contributed by atoms with Gasteiger partial charge in [0.1, 0.15) is 11.4 Å². The molecule has 0 bridgehead atoms. The van der Waals surface area contributed by atoms with Crippen molar-refractivity contribution in [2.75, 3.05) is 0 Å². The Kier molecular flexibility index (Phi) is 3.55. The zero-order valence-electron chi connectivity index (χ0n) is 16.0. The molecule has 0 amide bonds. The molecule has 0 saturated heterocycles. The van der Waals surface area contributed by atoms with Gasteiger partial charge in [0.05, 0.1) is 16.9 Å². The zero-order chi connectivity index (χ0) is 19.3. The van der Waals surface area contributed by atoms with Gasteiger partial charge in [-0.15, -0.1) is 0 Å². The zero-order valence-corrected chi connectivity index (χ0v) is 16.0. The highest BCUT2D eigenvalue weighted by atomic mass is 15.1. The predicted octanol–water partition coefficient (Wildman–Crippen LogP) is 4.86. The van der Waals surface area contributed by atoms with Crippen LogP contribution in [-0.4, -0.2) is 30.4 Å². The molecule has 2 N–H and O–H groups in total. The van der Waals surface area contributed by atoms with Crippen LogP contribution in [0.2, 0.25) is 0 Å². The maximum atomic E-state index is 4.97. The summed E-state index contributed by atoms with van der Waals surface area (Å²) in [6, 6.07) is 14.2. The number of H-pyrrole nitrogens is 2. The first-order valence-corrected chi connectivity index (χ1v) is 9.25. The number of para-hydroxylation sites is 1. The molecule has 28 heavy (non-hydrogen) atoms. The molecule has 0 fully saturated rings. The lowest BCUT2D eigenvalue weighted by Crippen LogP contribution is -2.11. The van der Waals surface area contributed by atoms with Crippen LogP contribution in [0.3, 0.4) is 0 Å². The van der Waals surface area contributed by atoms with E-state index in [2.05, 4.69) is 58.3 Å². The second kappa shape index (κ2) is 5.99. The van der Waals surface area contributed by atoms with E-state index in [1.807, 2.05) is 36.5 Å². The first-order chi connectivity index (χ1) is 13.5. The van der Waals surface area contributed by atoms with Gasteiger partial charge in [-0.25, -0.2) is 4.98 Å². The topological polar surface area (TPSA) is 83.1 Å². The molecule has 6 nitrogen and oxygen atoms in total. The number of nitrogens with one attached hydrogen (secondary N) is 2. The molecule has 0 unspecified atom stereocenters. The van der Waals surface area contributed by atoms with Gasteiger partial charge in [0, 0.05) is 39.7 Å². The van der Waals surface area contributed by atoms with Crippen LogP contribution < -0.4 is 0 Å². The number of pyridine rings is 2. The minimum atomic E-state index is -0.0153. The van der Waals surface area contributed by atoms with Crippen LogP contribution in [0, 0.1) is 0 Å². The van der Waals surface area contributed by atoms with Gasteiger partial charge < -0.3 is 0 Å². The molecule has 4 heterocycles. The Morgan fingerprint density at radius 1 is 0.821 bits per heavy atom. The van der Waals surface area contributed by atoms with Crippen LogP contribution in [0.5, 0.6) is 0 Å². The number of aromatic amines is 2. The average Bonchev–Trinajstić information content (AvgIpc) is 3.34. The molecule has 0 spiro atoms. The molecule has 0 radical (unpaired) electrons. The van der Waals surface area contributed by atoms with Crippen molar-refractivity contribution in [2.45, 2.75) is 26.2 Å². The maximum absolute atomic E-state index is 4.97. The number of benzene rings is 1. The third-order valence-corrected chi connectivity index (χ3v) is 4.97. The summed E-state index contributed by atoms with van der Waals surface area (Å²) in [6.07, 6.45) is 3.64. The molecule has 0 aliphatic carbocycles. The van der Waals surface area contributed by atoms with E-state index in [1.54, 1.807) is 6.20 Å². The first-order valence-electron chi connectivity index (χ1n) is 9.25. The number of hydrogen-bond acceptors (Lipinski definition) is 4. The number of hydrogen-bond donors (Lipinski definition) is 2. The molecule has 0 atom stereocenters. The molecule has 0 saturated carbocycles. The van der Waals surface area contributed by atoms with Crippen molar-refractivity contribution in [3.8, 4) is 22.8 Å². The lowest BCUT2D eigenvalue weighted by Gasteiger charge is -2.14. The standard InChI is InChI=1S/C22H20N6/c1-22(2,3)19-11-18(26-27-19)20-14-8-9-23-12-13(14)10-17(24-20)21-15-6-4-5-7-16(15)25-28-21/h4-12H,1-3H3,(H,25,28)(H,26,27). The van der Waals surface area contributed by atoms with Gasteiger partial charge in [0.2, 0.25) is 0 Å². The summed E-state index contributed by atoms with van der Waals surface area (Å²) >= 11 is 0. The van der Waals surface area contributed by atoms with Gasteiger partial charge in [-0.05, 0) is 24.3 Å². The molecule has 138 valence electrons. The Morgan fingerprint density at radius 3 is 2.50 bits per heavy atom. The Labute approximate surface area is 162 Å². The fourth-order valence-electron chi connectivity index (χ4n) is 3.40. The summed E-state index contributed by atoms with van der Waals surface area (Å²) in [7, 11) is 0. The van der Waals surface area contributed by atoms with Crippen molar-refractivity contribution in [2.24, 2.45) is 0 Å². The van der Waals surface area contributed by atoms with Crippen molar-refractivity contribution in [1.29, 1.82) is 0 Å². The van der Waals surface area contributed by atoms with E-state index in [-0.39, 0.29) is 5.41 Å². The monoisotopic (exact) mass is 368 g/mol. The second-order valence-corrected chi connectivity index (χ2v) is 7.99. The molecule has 4 aromatic heterocycles. The maximum Gasteiger partial charge on any atom is 0.118 e. The fraction of sp³-hybridized carbons (Fsp3) is 0.182. The number of fused-ring (bicyclic) bond motifs is 2. The molecule has 0 aliphatic heterocycles. The number of nitrogens with zero attached hydrogens (tertiary/aromatic N) is 4. The molecular weight excluding hydrogens is 348 g/mol. The van der Waals surface area contributed by atoms with E-state index >= 15 is 0 Å². The van der Waals surface area contributed by atoms with Crippen LogP contribution in [0.1, 0.15) is 26.5 Å². The quantitative estimate of drug-likeness (QED) is 0.466. The Bertz CT molecular complexity index is 1310. The SMILES string of the molecule is CC(C)(C)c1cc(-c2nc(-c3n[nH]c4ccccc34)cc3cnccc23)n[nH]1. The van der Waals surface area contributed by atoms with E-state index in [1.165, 1.54) is 0 Å². The summed E-state index contributed by atoms with van der Waals surface area (Å²) in [5.74, 6) is 0. The van der Waals surface area contributed by atoms with E-state index in [0.717, 1.165) is 50.1 Å². The van der Waals surface area contributed by atoms with Crippen molar-refractivity contribution in [3.63, 3.8) is 0 Å². The van der Waals surface area contributed by atoms with E-state index in [4.69, 9.17) is 4.98 Å². The Balaban J connectivity index is 1.76. The lowest BCUT2D eigenvalue weighted by atomic mass is 9.92. The third kappa shape index (κ3) is 2.65. The minimum absolute atomic E-state index is 0.0153.